The minimum atomic E-state index is -3.58. The van der Waals surface area contributed by atoms with Gasteiger partial charge in [0, 0.05) is 11.1 Å². The zero-order valence-corrected chi connectivity index (χ0v) is 19.0. The number of halogens is 1. The number of hydroxylamine groups is 1. The lowest BCUT2D eigenvalue weighted by atomic mass is 10.1. The van der Waals surface area contributed by atoms with E-state index >= 15 is 4.39 Å². The molecule has 35 heavy (non-hydrogen) atoms. The van der Waals surface area contributed by atoms with Gasteiger partial charge in [-0.3, -0.25) is 13.9 Å². The third-order valence-corrected chi connectivity index (χ3v) is 6.16. The smallest absolute Gasteiger partial charge is 0.351 e. The minimum Gasteiger partial charge on any atom is -0.480 e. The maximum atomic E-state index is 15.1. The van der Waals surface area contributed by atoms with E-state index in [1.807, 2.05) is 0 Å². The average Bonchev–Trinajstić information content (AvgIpc) is 3.07. The summed E-state index contributed by atoms with van der Waals surface area (Å²) in [6, 6.07) is 7.50. The molecule has 6 atom stereocenters. The molecule has 0 bridgehead atoms. The molecule has 1 aliphatic rings. The highest BCUT2D eigenvalue weighted by atomic mass is 31.1. The molecule has 0 radical (unpaired) electrons. The number of nitrogen functional groups attached to an aromatic ring is 1. The molecule has 1 saturated heterocycles. The van der Waals surface area contributed by atoms with E-state index in [-0.39, 0.29) is 11.6 Å². The number of alkyl halides is 1. The van der Waals surface area contributed by atoms with Crippen LogP contribution in [-0.4, -0.2) is 61.2 Å². The van der Waals surface area contributed by atoms with Crippen molar-refractivity contribution in [3.63, 3.8) is 0 Å². The first-order valence-corrected chi connectivity index (χ1v) is 11.2. The standard InChI is InChI=1S/C18H21FN7O8P/c1-10(16(28)29)26(34-11-5-3-2-4-6-11)35(31)32-9-18(23-24-21)14(19)13(27)15(33-18)25-8-7-12(20)22-17(25)30/h2-8,10,13-15,27,35H,9H2,1H3,(H,28,29)(H2,20,22,30)/t10?,13-,14+,15-,18-/m1/s1. The highest BCUT2D eigenvalue weighted by Gasteiger charge is 2.57. The summed E-state index contributed by atoms with van der Waals surface area (Å²) in [7, 11) is -3.58. The summed E-state index contributed by atoms with van der Waals surface area (Å²) in [6.45, 7) is 0.145. The van der Waals surface area contributed by atoms with Gasteiger partial charge in [0.2, 0.25) is 5.72 Å². The predicted molar refractivity (Wildman–Crippen MR) is 117 cm³/mol. The zero-order valence-electron chi connectivity index (χ0n) is 18.0. The molecule has 4 N–H and O–H groups in total. The largest absolute Gasteiger partial charge is 0.480 e. The first kappa shape index (κ1) is 26.1. The lowest BCUT2D eigenvalue weighted by molar-refractivity contribution is -0.149. The number of aliphatic hydroxyl groups is 1. The van der Waals surface area contributed by atoms with Crippen LogP contribution in [0.4, 0.5) is 10.2 Å². The Labute approximate surface area is 197 Å². The van der Waals surface area contributed by atoms with Gasteiger partial charge in [-0.1, -0.05) is 28.1 Å². The molecule has 188 valence electrons. The molecule has 2 aromatic rings. The zero-order chi connectivity index (χ0) is 25.8. The number of aliphatic carboxylic acids is 1. The Hall–Kier alpha value is -3.52. The summed E-state index contributed by atoms with van der Waals surface area (Å²) in [5.74, 6) is -1.40. The minimum absolute atomic E-state index is 0.134. The Kier molecular flexibility index (Phi) is 8.07. The van der Waals surface area contributed by atoms with Gasteiger partial charge in [0.05, 0.1) is 6.61 Å². The number of rotatable bonds is 10. The SMILES string of the molecule is CC(C(=O)O)N(Oc1ccccc1)[PH](=O)OC[C@@]1(N=[N+]=[N-])O[C@@H](n2ccc(N)nc2=O)[C@H](O)[C@@H]1F. The van der Waals surface area contributed by atoms with Crippen LogP contribution < -0.4 is 16.3 Å². The van der Waals surface area contributed by atoms with Gasteiger partial charge < -0.3 is 30.0 Å². The van der Waals surface area contributed by atoms with Gasteiger partial charge in [-0.05, 0) is 30.7 Å². The molecular weight excluding hydrogens is 492 g/mol. The summed E-state index contributed by atoms with van der Waals surface area (Å²) in [6.07, 6.45) is -5.07. The van der Waals surface area contributed by atoms with Crippen molar-refractivity contribution >= 4 is 20.0 Å². The Morgan fingerprint density at radius 1 is 1.49 bits per heavy atom. The van der Waals surface area contributed by atoms with E-state index in [1.54, 1.807) is 18.2 Å². The summed E-state index contributed by atoms with van der Waals surface area (Å²) >= 11 is 0. The van der Waals surface area contributed by atoms with Crippen molar-refractivity contribution in [2.45, 2.75) is 37.2 Å². The quantitative estimate of drug-likeness (QED) is 0.135. The Balaban J connectivity index is 1.84. The first-order chi connectivity index (χ1) is 16.6. The van der Waals surface area contributed by atoms with Crippen molar-refractivity contribution in [2.75, 3.05) is 12.3 Å². The molecule has 2 unspecified atom stereocenters. The molecule has 17 heteroatoms. The van der Waals surface area contributed by atoms with E-state index < -0.39 is 56.7 Å². The van der Waals surface area contributed by atoms with Crippen molar-refractivity contribution in [1.82, 2.24) is 14.4 Å². The second kappa shape index (κ2) is 10.8. The van der Waals surface area contributed by atoms with Crippen LogP contribution in [0.2, 0.25) is 0 Å². The van der Waals surface area contributed by atoms with Gasteiger partial charge in [-0.25, -0.2) is 9.18 Å². The molecule has 2 heterocycles. The third-order valence-electron chi connectivity index (χ3n) is 4.93. The molecular formula is C18H21FN7O8P. The van der Waals surface area contributed by atoms with Crippen LogP contribution in [0.3, 0.4) is 0 Å². The second-order valence-electron chi connectivity index (χ2n) is 7.28. The molecule has 0 aliphatic carbocycles. The van der Waals surface area contributed by atoms with E-state index in [4.69, 9.17) is 25.4 Å². The topological polar surface area (TPSA) is 215 Å². The number of hydrogen-bond acceptors (Lipinski definition) is 10. The number of carboxylic acid groups (broad SMARTS) is 1. The predicted octanol–water partition coefficient (Wildman–Crippen LogP) is 1.24. The fraction of sp³-hybridized carbons (Fsp3) is 0.389. The Bertz CT molecular complexity index is 1200. The number of anilines is 1. The van der Waals surface area contributed by atoms with Gasteiger partial charge in [-0.2, -0.15) is 4.98 Å². The maximum Gasteiger partial charge on any atom is 0.351 e. The number of azide groups is 1. The number of aromatic nitrogens is 2. The molecule has 1 fully saturated rings. The molecule has 0 spiro atoms. The van der Waals surface area contributed by atoms with Gasteiger partial charge >= 0.3 is 11.7 Å². The molecule has 1 aliphatic heterocycles. The van der Waals surface area contributed by atoms with Crippen LogP contribution in [-0.2, 0) is 18.6 Å². The lowest BCUT2D eigenvalue weighted by Crippen LogP contribution is -2.43. The number of carboxylic acids is 1. The van der Waals surface area contributed by atoms with Crippen LogP contribution in [0.1, 0.15) is 13.2 Å². The van der Waals surface area contributed by atoms with Crippen LogP contribution in [0.25, 0.3) is 10.4 Å². The van der Waals surface area contributed by atoms with Gasteiger partial charge in [0.1, 0.15) is 23.7 Å². The second-order valence-corrected chi connectivity index (χ2v) is 8.54. The Morgan fingerprint density at radius 2 is 2.17 bits per heavy atom. The van der Waals surface area contributed by atoms with Crippen molar-refractivity contribution in [1.29, 1.82) is 0 Å². The van der Waals surface area contributed by atoms with Crippen LogP contribution in [0, 0.1) is 0 Å². The first-order valence-electron chi connectivity index (χ1n) is 9.92. The summed E-state index contributed by atoms with van der Waals surface area (Å²) < 4.78 is 39.3. The van der Waals surface area contributed by atoms with Crippen molar-refractivity contribution in [2.24, 2.45) is 5.11 Å². The number of hydrogen-bond donors (Lipinski definition) is 3. The highest BCUT2D eigenvalue weighted by Crippen LogP contribution is 2.43. The summed E-state index contributed by atoms with van der Waals surface area (Å²) in [5.41, 5.74) is 10.8. The molecule has 3 rings (SSSR count). The fourth-order valence-corrected chi connectivity index (χ4v) is 4.16. The number of carbonyl (C=O) groups is 1. The average molecular weight is 513 g/mol. The fourth-order valence-electron chi connectivity index (χ4n) is 3.09. The number of ether oxygens (including phenoxy) is 1. The lowest BCUT2D eigenvalue weighted by Gasteiger charge is -2.28. The number of aliphatic hydroxyl groups excluding tert-OH is 1. The van der Waals surface area contributed by atoms with E-state index in [0.717, 1.165) is 10.8 Å². The monoisotopic (exact) mass is 513 g/mol. The molecule has 1 aromatic carbocycles. The van der Waals surface area contributed by atoms with Crippen molar-refractivity contribution in [3.05, 3.63) is 63.5 Å². The van der Waals surface area contributed by atoms with Gasteiger partial charge in [-0.15, -0.1) is 0 Å². The third kappa shape index (κ3) is 5.59. The number of nitrogens with zero attached hydrogens (tertiary/aromatic N) is 6. The normalized spacial score (nSPS) is 25.5. The highest BCUT2D eigenvalue weighted by molar-refractivity contribution is 7.36. The maximum absolute atomic E-state index is 15.1. The van der Waals surface area contributed by atoms with Crippen molar-refractivity contribution < 1.29 is 38.1 Å². The molecule has 1 aromatic heterocycles. The van der Waals surface area contributed by atoms with Crippen molar-refractivity contribution in [3.8, 4) is 5.75 Å². The summed E-state index contributed by atoms with van der Waals surface area (Å²) in [4.78, 5) is 35.5. The molecule has 0 amide bonds. The molecule has 0 saturated carbocycles. The number of benzene rings is 1. The summed E-state index contributed by atoms with van der Waals surface area (Å²) in [5, 5.41) is 22.9. The van der Waals surface area contributed by atoms with Crippen LogP contribution in [0.15, 0.2) is 52.5 Å². The Morgan fingerprint density at radius 3 is 2.77 bits per heavy atom. The number of para-hydroxylation sites is 1. The van der Waals surface area contributed by atoms with Gasteiger partial charge in [0.15, 0.2) is 12.4 Å². The van der Waals surface area contributed by atoms with Gasteiger partial charge in [0.25, 0.3) is 8.18 Å². The molecule has 15 nitrogen and oxygen atoms in total. The van der Waals surface area contributed by atoms with E-state index in [1.165, 1.54) is 25.1 Å². The van der Waals surface area contributed by atoms with E-state index in [2.05, 4.69) is 15.0 Å². The van der Waals surface area contributed by atoms with E-state index in [0.29, 0.717) is 4.83 Å². The van der Waals surface area contributed by atoms with E-state index in [9.17, 15) is 24.4 Å². The number of nitrogens with two attached hydrogens (primary N) is 1. The van der Waals surface area contributed by atoms with Crippen LogP contribution >= 0.6 is 8.18 Å². The van der Waals surface area contributed by atoms with Crippen LogP contribution in [0.5, 0.6) is 5.75 Å².